The molecular weight excluding hydrogens is 508 g/mol. The lowest BCUT2D eigenvalue weighted by atomic mass is 10.1. The number of carbonyl (C=O) groups is 1. The third-order valence-corrected chi connectivity index (χ3v) is 5.32. The average molecular weight is 539 g/mol. The van der Waals surface area contributed by atoms with E-state index in [0.717, 1.165) is 29.8 Å². The molecule has 2 aromatic carbocycles. The zero-order valence-electron chi connectivity index (χ0n) is 18.3. The number of carbonyl (C=O) groups excluding carboxylic acids is 1. The number of hydrogen-bond donors (Lipinski definition) is 2. The van der Waals surface area contributed by atoms with E-state index in [-0.39, 0.29) is 41.7 Å². The molecule has 1 fully saturated rings. The van der Waals surface area contributed by atoms with Gasteiger partial charge in [-0.3, -0.25) is 9.79 Å². The van der Waals surface area contributed by atoms with Gasteiger partial charge in [0.1, 0.15) is 5.82 Å². The van der Waals surface area contributed by atoms with Crippen LogP contribution in [0.1, 0.15) is 30.0 Å². The number of aliphatic imine (C=N–C) groups is 1. The number of benzene rings is 2. The van der Waals surface area contributed by atoms with Crippen molar-refractivity contribution in [2.24, 2.45) is 4.99 Å². The van der Waals surface area contributed by atoms with E-state index < -0.39 is 0 Å². The van der Waals surface area contributed by atoms with E-state index in [0.29, 0.717) is 25.5 Å². The maximum absolute atomic E-state index is 13.6. The molecule has 1 atom stereocenters. The van der Waals surface area contributed by atoms with Gasteiger partial charge >= 0.3 is 0 Å². The van der Waals surface area contributed by atoms with Gasteiger partial charge < -0.3 is 20.4 Å². The Morgan fingerprint density at radius 1 is 1.19 bits per heavy atom. The lowest BCUT2D eigenvalue weighted by Crippen LogP contribution is -2.41. The second-order valence-corrected chi connectivity index (χ2v) is 7.66. The van der Waals surface area contributed by atoms with Gasteiger partial charge in [0.15, 0.2) is 5.96 Å². The zero-order valence-corrected chi connectivity index (χ0v) is 20.6. The Labute approximate surface area is 200 Å². The first-order valence-corrected chi connectivity index (χ1v) is 10.2. The molecule has 1 aliphatic heterocycles. The van der Waals surface area contributed by atoms with E-state index in [4.69, 9.17) is 0 Å². The van der Waals surface area contributed by atoms with Crippen LogP contribution in [-0.4, -0.2) is 51.0 Å². The summed E-state index contributed by atoms with van der Waals surface area (Å²) in [4.78, 5) is 20.0. The molecule has 2 aromatic rings. The molecule has 1 unspecified atom stereocenters. The summed E-state index contributed by atoms with van der Waals surface area (Å²) in [6.07, 6.45) is 1.56. The predicted molar refractivity (Wildman–Crippen MR) is 134 cm³/mol. The minimum absolute atomic E-state index is 0. The van der Waals surface area contributed by atoms with Crippen molar-refractivity contribution in [2.75, 3.05) is 39.1 Å². The van der Waals surface area contributed by atoms with Crippen LogP contribution in [0.5, 0.6) is 0 Å². The van der Waals surface area contributed by atoms with Crippen molar-refractivity contribution in [3.05, 3.63) is 65.5 Å². The van der Waals surface area contributed by atoms with Crippen LogP contribution < -0.4 is 15.5 Å². The Hall–Kier alpha value is -2.20. The Morgan fingerprint density at radius 3 is 2.52 bits per heavy atom. The summed E-state index contributed by atoms with van der Waals surface area (Å²) in [5.74, 6) is 0.636. The summed E-state index contributed by atoms with van der Waals surface area (Å²) in [7, 11) is 5.67. The van der Waals surface area contributed by atoms with E-state index in [1.165, 1.54) is 6.07 Å². The third kappa shape index (κ3) is 6.90. The molecule has 2 N–H and O–H groups in total. The summed E-state index contributed by atoms with van der Waals surface area (Å²) in [5, 5.41) is 6.63. The number of amides is 1. The summed E-state index contributed by atoms with van der Waals surface area (Å²) in [6, 6.07) is 14.7. The molecule has 8 heteroatoms. The molecule has 0 bridgehead atoms. The molecule has 0 radical (unpaired) electrons. The Bertz CT molecular complexity index is 888. The van der Waals surface area contributed by atoms with Gasteiger partial charge in [0, 0.05) is 38.8 Å². The van der Waals surface area contributed by atoms with Gasteiger partial charge in [0.25, 0.3) is 0 Å². The van der Waals surface area contributed by atoms with Crippen molar-refractivity contribution in [1.29, 1.82) is 0 Å². The number of nitrogens with zero attached hydrogens (tertiary/aromatic N) is 3. The summed E-state index contributed by atoms with van der Waals surface area (Å²) < 4.78 is 13.6. The molecule has 0 aromatic heterocycles. The first kappa shape index (κ1) is 25.1. The predicted octanol–water partition coefficient (Wildman–Crippen LogP) is 3.54. The van der Waals surface area contributed by atoms with Gasteiger partial charge in [-0.2, -0.15) is 0 Å². The summed E-state index contributed by atoms with van der Waals surface area (Å²) in [5.41, 5.74) is 2.96. The smallest absolute Gasteiger partial charge is 0.227 e. The quantitative estimate of drug-likeness (QED) is 0.321. The first-order valence-electron chi connectivity index (χ1n) is 10.2. The van der Waals surface area contributed by atoms with Gasteiger partial charge in [-0.05, 0) is 55.9 Å². The number of halogens is 2. The second kappa shape index (κ2) is 12.0. The molecule has 3 rings (SSSR count). The zero-order chi connectivity index (χ0) is 21.5. The van der Waals surface area contributed by atoms with E-state index >= 15 is 0 Å². The Morgan fingerprint density at radius 2 is 1.94 bits per heavy atom. The lowest BCUT2D eigenvalue weighted by molar-refractivity contribution is -0.117. The van der Waals surface area contributed by atoms with Gasteiger partial charge in [-0.25, -0.2) is 4.39 Å². The molecule has 31 heavy (non-hydrogen) atoms. The van der Waals surface area contributed by atoms with Gasteiger partial charge in [-0.1, -0.05) is 24.3 Å². The maximum Gasteiger partial charge on any atom is 0.227 e. The van der Waals surface area contributed by atoms with Crippen molar-refractivity contribution in [3.8, 4) is 0 Å². The van der Waals surface area contributed by atoms with Gasteiger partial charge in [0.05, 0.1) is 6.04 Å². The monoisotopic (exact) mass is 539 g/mol. The number of anilines is 1. The summed E-state index contributed by atoms with van der Waals surface area (Å²) in [6.45, 7) is 2.00. The van der Waals surface area contributed by atoms with Gasteiger partial charge in [-0.15, -0.1) is 24.0 Å². The standard InChI is InChI=1S/C23H30FN5O.HI/c1-25-23(27-16-21(28(2)3)18-6-4-7-19(24)14-18)26-15-17-9-11-20(12-10-17)29-13-5-8-22(29)30;/h4,6-7,9-12,14,21H,5,8,13,15-16H2,1-3H3,(H2,25,26,27);1H. The molecule has 1 saturated heterocycles. The first-order chi connectivity index (χ1) is 14.5. The fraction of sp³-hybridized carbons (Fsp3) is 0.391. The van der Waals surface area contributed by atoms with Crippen molar-refractivity contribution in [1.82, 2.24) is 15.5 Å². The molecule has 0 saturated carbocycles. The minimum atomic E-state index is -0.235. The number of nitrogens with one attached hydrogen (secondary N) is 2. The topological polar surface area (TPSA) is 60.0 Å². The van der Waals surface area contributed by atoms with Crippen molar-refractivity contribution < 1.29 is 9.18 Å². The van der Waals surface area contributed by atoms with Crippen LogP contribution in [0.25, 0.3) is 0 Å². The fourth-order valence-electron chi connectivity index (χ4n) is 3.63. The normalized spacial score (nSPS) is 15.1. The third-order valence-electron chi connectivity index (χ3n) is 5.32. The fourth-order valence-corrected chi connectivity index (χ4v) is 3.63. The van der Waals surface area contributed by atoms with Gasteiger partial charge in [0.2, 0.25) is 5.91 Å². The van der Waals surface area contributed by atoms with E-state index in [2.05, 4.69) is 15.6 Å². The number of hydrogen-bond acceptors (Lipinski definition) is 3. The second-order valence-electron chi connectivity index (χ2n) is 7.66. The highest BCUT2D eigenvalue weighted by Gasteiger charge is 2.21. The van der Waals surface area contributed by atoms with Crippen LogP contribution in [0.3, 0.4) is 0 Å². The van der Waals surface area contributed by atoms with Crippen molar-refractivity contribution in [2.45, 2.75) is 25.4 Å². The highest BCUT2D eigenvalue weighted by molar-refractivity contribution is 14.0. The van der Waals surface area contributed by atoms with E-state index in [1.807, 2.05) is 54.2 Å². The van der Waals surface area contributed by atoms with E-state index in [9.17, 15) is 9.18 Å². The van der Waals surface area contributed by atoms with Crippen LogP contribution in [-0.2, 0) is 11.3 Å². The molecule has 6 nitrogen and oxygen atoms in total. The van der Waals surface area contributed by atoms with E-state index in [1.54, 1.807) is 19.2 Å². The largest absolute Gasteiger partial charge is 0.354 e. The molecule has 1 amide bonds. The molecule has 168 valence electrons. The maximum atomic E-state index is 13.6. The molecule has 0 aliphatic carbocycles. The summed E-state index contributed by atoms with van der Waals surface area (Å²) >= 11 is 0. The van der Waals surface area contributed by atoms with Crippen LogP contribution in [0.15, 0.2) is 53.5 Å². The highest BCUT2D eigenvalue weighted by atomic mass is 127. The Balaban J connectivity index is 0.00000341. The molecule has 0 spiro atoms. The van der Waals surface area contributed by atoms with Crippen LogP contribution in [0, 0.1) is 5.82 Å². The minimum Gasteiger partial charge on any atom is -0.354 e. The molecular formula is C23H31FIN5O. The SMILES string of the molecule is CN=C(NCc1ccc(N2CCCC2=O)cc1)NCC(c1cccc(F)c1)N(C)C.I. The molecule has 1 heterocycles. The van der Waals surface area contributed by atoms with Crippen LogP contribution in [0.2, 0.25) is 0 Å². The van der Waals surface area contributed by atoms with Crippen LogP contribution in [0.4, 0.5) is 10.1 Å². The number of likely N-dealkylation sites (N-methyl/N-ethyl adjacent to an activating group) is 1. The van der Waals surface area contributed by atoms with Crippen molar-refractivity contribution >= 4 is 41.5 Å². The van der Waals surface area contributed by atoms with Crippen molar-refractivity contribution in [3.63, 3.8) is 0 Å². The average Bonchev–Trinajstić information content (AvgIpc) is 3.16. The number of rotatable bonds is 7. The number of guanidine groups is 1. The Kier molecular flexibility index (Phi) is 9.70. The highest BCUT2D eigenvalue weighted by Crippen LogP contribution is 2.21. The lowest BCUT2D eigenvalue weighted by Gasteiger charge is -2.26. The van der Waals surface area contributed by atoms with Crippen LogP contribution >= 0.6 is 24.0 Å². The molecule has 1 aliphatic rings.